The van der Waals surface area contributed by atoms with E-state index in [2.05, 4.69) is 53.6 Å². The van der Waals surface area contributed by atoms with Crippen LogP contribution < -0.4 is 10.6 Å². The molecule has 1 aromatic carbocycles. The van der Waals surface area contributed by atoms with Gasteiger partial charge in [-0.15, -0.1) is 24.0 Å². The summed E-state index contributed by atoms with van der Waals surface area (Å²) in [4.78, 5) is 7.31. The maximum Gasteiger partial charge on any atom is 0.191 e. The van der Waals surface area contributed by atoms with Crippen LogP contribution in [-0.2, 0) is 17.7 Å². The van der Waals surface area contributed by atoms with E-state index in [9.17, 15) is 0 Å². The van der Waals surface area contributed by atoms with Gasteiger partial charge in [-0.05, 0) is 43.9 Å². The molecule has 0 amide bonds. The highest BCUT2D eigenvalue weighted by atomic mass is 127. The summed E-state index contributed by atoms with van der Waals surface area (Å²) >= 11 is 0. The van der Waals surface area contributed by atoms with Crippen LogP contribution in [0.5, 0.6) is 0 Å². The molecule has 5 nitrogen and oxygen atoms in total. The Hall–Kier alpha value is -0.860. The van der Waals surface area contributed by atoms with E-state index in [1.165, 1.54) is 30.5 Å². The SMILES string of the molecule is CCNC(=NCc1ccccc1CC)NCC1CCCN1CCOC.I. The predicted octanol–water partition coefficient (Wildman–Crippen LogP) is 3.03. The van der Waals surface area contributed by atoms with Crippen LogP contribution in [0.4, 0.5) is 0 Å². The van der Waals surface area contributed by atoms with Crippen LogP contribution in [0.25, 0.3) is 0 Å². The second kappa shape index (κ2) is 13.3. The third-order valence-corrected chi connectivity index (χ3v) is 4.84. The molecule has 0 aliphatic carbocycles. The zero-order valence-corrected chi connectivity index (χ0v) is 18.8. The number of benzene rings is 1. The maximum atomic E-state index is 5.23. The summed E-state index contributed by atoms with van der Waals surface area (Å²) in [6, 6.07) is 9.13. The highest BCUT2D eigenvalue weighted by Gasteiger charge is 2.23. The van der Waals surface area contributed by atoms with E-state index in [0.29, 0.717) is 6.04 Å². The molecule has 1 aliphatic rings. The molecule has 1 aliphatic heterocycles. The summed E-state index contributed by atoms with van der Waals surface area (Å²) in [5, 5.41) is 6.90. The summed E-state index contributed by atoms with van der Waals surface area (Å²) in [6.07, 6.45) is 3.56. The lowest BCUT2D eigenvalue weighted by Crippen LogP contribution is -2.45. The first-order chi connectivity index (χ1) is 12.3. The van der Waals surface area contributed by atoms with E-state index < -0.39 is 0 Å². The highest BCUT2D eigenvalue weighted by molar-refractivity contribution is 14.0. The number of hydrogen-bond donors (Lipinski definition) is 2. The first-order valence-corrected chi connectivity index (χ1v) is 9.60. The first kappa shape index (κ1) is 23.2. The molecule has 1 fully saturated rings. The summed E-state index contributed by atoms with van der Waals surface area (Å²) in [5.41, 5.74) is 2.69. The van der Waals surface area contributed by atoms with Crippen LogP contribution in [0.1, 0.15) is 37.8 Å². The molecular weight excluding hydrogens is 439 g/mol. The molecule has 1 saturated heterocycles. The fourth-order valence-corrected chi connectivity index (χ4v) is 3.41. The molecule has 148 valence electrons. The maximum absolute atomic E-state index is 5.23. The Kier molecular flexibility index (Phi) is 11.9. The van der Waals surface area contributed by atoms with Crippen molar-refractivity contribution >= 4 is 29.9 Å². The molecule has 2 N–H and O–H groups in total. The molecule has 6 heteroatoms. The Morgan fingerprint density at radius 2 is 2.00 bits per heavy atom. The summed E-state index contributed by atoms with van der Waals surface area (Å²) < 4.78 is 5.23. The smallest absolute Gasteiger partial charge is 0.191 e. The molecular formula is C20H35IN4O. The molecule has 1 atom stereocenters. The molecule has 1 heterocycles. The molecule has 0 radical (unpaired) electrons. The predicted molar refractivity (Wildman–Crippen MR) is 121 cm³/mol. The van der Waals surface area contributed by atoms with Crippen LogP contribution in [-0.4, -0.2) is 56.8 Å². The number of aliphatic imine (C=N–C) groups is 1. The summed E-state index contributed by atoms with van der Waals surface area (Å²) in [7, 11) is 1.77. The average Bonchev–Trinajstić information content (AvgIpc) is 3.09. The standard InChI is InChI=1S/C20H34N4O.HI/c1-4-17-9-6-7-10-18(17)15-22-20(21-5-2)23-16-19-11-8-12-24(19)13-14-25-3;/h6-7,9-10,19H,4-5,8,11-16H2,1-3H3,(H2,21,22,23);1H. The van der Waals surface area contributed by atoms with Gasteiger partial charge in [-0.25, -0.2) is 4.99 Å². The van der Waals surface area contributed by atoms with Crippen molar-refractivity contribution < 1.29 is 4.74 Å². The number of ether oxygens (including phenoxy) is 1. The van der Waals surface area contributed by atoms with Gasteiger partial charge in [-0.2, -0.15) is 0 Å². The van der Waals surface area contributed by atoms with Gasteiger partial charge >= 0.3 is 0 Å². The van der Waals surface area contributed by atoms with E-state index in [-0.39, 0.29) is 24.0 Å². The summed E-state index contributed by atoms with van der Waals surface area (Å²) in [5.74, 6) is 0.909. The zero-order valence-electron chi connectivity index (χ0n) is 16.5. The molecule has 0 spiro atoms. The van der Waals surface area contributed by atoms with Gasteiger partial charge in [0.05, 0.1) is 13.2 Å². The van der Waals surface area contributed by atoms with E-state index in [1.54, 1.807) is 7.11 Å². The van der Waals surface area contributed by atoms with Gasteiger partial charge in [0.2, 0.25) is 0 Å². The number of rotatable bonds is 9. The van der Waals surface area contributed by atoms with Crippen molar-refractivity contribution in [3.63, 3.8) is 0 Å². The second-order valence-electron chi connectivity index (χ2n) is 6.52. The topological polar surface area (TPSA) is 48.9 Å². The molecule has 0 aromatic heterocycles. The average molecular weight is 474 g/mol. The first-order valence-electron chi connectivity index (χ1n) is 9.60. The summed E-state index contributed by atoms with van der Waals surface area (Å²) in [6.45, 7) is 9.83. The molecule has 2 rings (SSSR count). The van der Waals surface area contributed by atoms with Gasteiger partial charge in [0.1, 0.15) is 0 Å². The van der Waals surface area contributed by atoms with Crippen molar-refractivity contribution in [1.82, 2.24) is 15.5 Å². The van der Waals surface area contributed by atoms with E-state index in [1.807, 2.05) is 0 Å². The minimum atomic E-state index is 0. The van der Waals surface area contributed by atoms with E-state index >= 15 is 0 Å². The normalized spacial score (nSPS) is 17.8. The minimum absolute atomic E-state index is 0. The van der Waals surface area contributed by atoms with Crippen molar-refractivity contribution in [1.29, 1.82) is 0 Å². The third-order valence-electron chi connectivity index (χ3n) is 4.84. The number of methoxy groups -OCH3 is 1. The Bertz CT molecular complexity index is 538. The second-order valence-corrected chi connectivity index (χ2v) is 6.52. The van der Waals surface area contributed by atoms with Crippen LogP contribution in [0, 0.1) is 0 Å². The minimum Gasteiger partial charge on any atom is -0.383 e. The Morgan fingerprint density at radius 3 is 2.69 bits per heavy atom. The van der Waals surface area contributed by atoms with Gasteiger partial charge in [-0.1, -0.05) is 31.2 Å². The fourth-order valence-electron chi connectivity index (χ4n) is 3.41. The third kappa shape index (κ3) is 7.40. The van der Waals surface area contributed by atoms with Gasteiger partial charge in [-0.3, -0.25) is 4.90 Å². The van der Waals surface area contributed by atoms with E-state index in [0.717, 1.165) is 45.2 Å². The number of hydrogen-bond acceptors (Lipinski definition) is 3. The van der Waals surface area contributed by atoms with Crippen molar-refractivity contribution in [2.24, 2.45) is 4.99 Å². The lowest BCUT2D eigenvalue weighted by molar-refractivity contribution is 0.141. The molecule has 0 saturated carbocycles. The Labute approximate surface area is 176 Å². The lowest BCUT2D eigenvalue weighted by Gasteiger charge is -2.25. The van der Waals surface area contributed by atoms with Gasteiger partial charge in [0.15, 0.2) is 5.96 Å². The lowest BCUT2D eigenvalue weighted by atomic mass is 10.1. The molecule has 0 bridgehead atoms. The number of nitrogens with zero attached hydrogens (tertiary/aromatic N) is 2. The molecule has 1 unspecified atom stereocenters. The van der Waals surface area contributed by atoms with Crippen LogP contribution in [0.3, 0.4) is 0 Å². The van der Waals surface area contributed by atoms with Crippen LogP contribution in [0.2, 0.25) is 0 Å². The van der Waals surface area contributed by atoms with Crippen LogP contribution in [0.15, 0.2) is 29.3 Å². The zero-order chi connectivity index (χ0) is 17.9. The monoisotopic (exact) mass is 474 g/mol. The van der Waals surface area contributed by atoms with Crippen molar-refractivity contribution in [3.05, 3.63) is 35.4 Å². The largest absolute Gasteiger partial charge is 0.383 e. The number of guanidine groups is 1. The number of likely N-dealkylation sites (tertiary alicyclic amines) is 1. The molecule has 1 aromatic rings. The van der Waals surface area contributed by atoms with E-state index in [4.69, 9.17) is 9.73 Å². The van der Waals surface area contributed by atoms with Crippen molar-refractivity contribution in [3.8, 4) is 0 Å². The molecule has 26 heavy (non-hydrogen) atoms. The van der Waals surface area contributed by atoms with Gasteiger partial charge in [0, 0.05) is 32.8 Å². The number of halogens is 1. The van der Waals surface area contributed by atoms with Crippen molar-refractivity contribution in [2.75, 3.05) is 39.9 Å². The fraction of sp³-hybridized carbons (Fsp3) is 0.650. The Morgan fingerprint density at radius 1 is 1.23 bits per heavy atom. The quantitative estimate of drug-likeness (QED) is 0.328. The number of aryl methyl sites for hydroxylation is 1. The van der Waals surface area contributed by atoms with Crippen LogP contribution >= 0.6 is 24.0 Å². The van der Waals surface area contributed by atoms with Crippen molar-refractivity contribution in [2.45, 2.75) is 45.7 Å². The highest BCUT2D eigenvalue weighted by Crippen LogP contribution is 2.16. The van der Waals surface area contributed by atoms with Gasteiger partial charge in [0.25, 0.3) is 0 Å². The van der Waals surface area contributed by atoms with Gasteiger partial charge < -0.3 is 15.4 Å². The number of nitrogens with one attached hydrogen (secondary N) is 2. The Balaban J connectivity index is 0.00000338.